The van der Waals surface area contributed by atoms with Crippen molar-refractivity contribution in [3.05, 3.63) is 64.2 Å². The van der Waals surface area contributed by atoms with Gasteiger partial charge in [-0.3, -0.25) is 4.79 Å². The molecule has 0 aromatic heterocycles. The molecule has 2 rings (SSSR count). The van der Waals surface area contributed by atoms with Crippen LogP contribution in [0.1, 0.15) is 62.0 Å². The summed E-state index contributed by atoms with van der Waals surface area (Å²) in [6, 6.07) is 13.4. The molecule has 0 aliphatic rings. The van der Waals surface area contributed by atoms with Crippen molar-refractivity contribution >= 4 is 29.0 Å². The third-order valence-corrected chi connectivity index (χ3v) is 4.45. The van der Waals surface area contributed by atoms with Gasteiger partial charge >= 0.3 is 0 Å². The molecule has 0 atom stereocenters. The molecule has 4 heteroatoms. The third-order valence-electron chi connectivity index (χ3n) is 4.12. The molecule has 0 aliphatic carbocycles. The second-order valence-corrected chi connectivity index (χ2v) is 7.96. The van der Waals surface area contributed by atoms with Gasteiger partial charge in [0, 0.05) is 12.0 Å². The number of carbonyl (C=O) groups is 1. The molecule has 0 fully saturated rings. The third kappa shape index (κ3) is 5.43. The summed E-state index contributed by atoms with van der Waals surface area (Å²) in [5, 5.41) is 3.83. The van der Waals surface area contributed by atoms with Crippen LogP contribution in [0.25, 0.3) is 0 Å². The highest BCUT2D eigenvalue weighted by molar-refractivity contribution is 6.33. The van der Waals surface area contributed by atoms with E-state index in [0.717, 1.165) is 17.7 Å². The molecule has 3 nitrogen and oxygen atoms in total. The van der Waals surface area contributed by atoms with Crippen molar-refractivity contribution in [2.45, 2.75) is 52.9 Å². The number of nitrogens with zero attached hydrogens (tertiary/aromatic N) is 1. The summed E-state index contributed by atoms with van der Waals surface area (Å²) in [6.07, 6.45) is 1.56. The monoisotopic (exact) mass is 370 g/mol. The molecule has 0 spiro atoms. The maximum Gasteiger partial charge on any atom is 0.278 e. The van der Waals surface area contributed by atoms with E-state index in [9.17, 15) is 4.79 Å². The standard InChI is InChI=1S/C22H27ClN2O/c1-6-7-20(24-19-14-15(2)8-13-18(19)23)25-21(26)16-9-11-17(12-10-16)22(3,4)5/h8-14H,6-7H2,1-5H3,(H,24,25,26). The first-order chi connectivity index (χ1) is 12.2. The lowest BCUT2D eigenvalue weighted by Crippen LogP contribution is -2.15. The molecular formula is C22H27ClN2O. The fraction of sp³-hybridized carbons (Fsp3) is 0.364. The highest BCUT2D eigenvalue weighted by atomic mass is 35.5. The van der Waals surface area contributed by atoms with Gasteiger partial charge in [0.25, 0.3) is 5.91 Å². The molecule has 2 aromatic rings. The number of hydrogen-bond donors (Lipinski definition) is 1. The van der Waals surface area contributed by atoms with Crippen LogP contribution in [-0.4, -0.2) is 11.7 Å². The van der Waals surface area contributed by atoms with Crippen molar-refractivity contribution < 1.29 is 4.79 Å². The fourth-order valence-electron chi connectivity index (χ4n) is 2.57. The van der Waals surface area contributed by atoms with E-state index in [1.165, 1.54) is 5.56 Å². The largest absolute Gasteiger partial charge is 0.342 e. The minimum atomic E-state index is -0.245. The zero-order valence-corrected chi connectivity index (χ0v) is 16.9. The molecule has 0 saturated heterocycles. The Hall–Kier alpha value is -2.13. The van der Waals surface area contributed by atoms with Crippen molar-refractivity contribution in [3.8, 4) is 0 Å². The average Bonchev–Trinajstić information content (AvgIpc) is 2.57. The maximum absolute atomic E-state index is 12.6. The lowest BCUT2D eigenvalue weighted by Gasteiger charge is -2.18. The molecule has 26 heavy (non-hydrogen) atoms. The molecular weight excluding hydrogens is 344 g/mol. The summed E-state index contributed by atoms with van der Waals surface area (Å²) in [7, 11) is 0. The van der Waals surface area contributed by atoms with Crippen LogP contribution in [0.5, 0.6) is 0 Å². The number of anilines is 1. The molecule has 2 aromatic carbocycles. The fourth-order valence-corrected chi connectivity index (χ4v) is 2.74. The number of amides is 1. The molecule has 0 saturated carbocycles. The lowest BCUT2D eigenvalue weighted by molar-refractivity contribution is 0.100. The zero-order valence-electron chi connectivity index (χ0n) is 16.2. The van der Waals surface area contributed by atoms with Gasteiger partial charge in [0.2, 0.25) is 0 Å². The van der Waals surface area contributed by atoms with Crippen LogP contribution in [0.3, 0.4) is 0 Å². The Balaban J connectivity index is 2.24. The summed E-state index contributed by atoms with van der Waals surface area (Å²) >= 11 is 6.25. The van der Waals surface area contributed by atoms with Crippen molar-refractivity contribution in [1.29, 1.82) is 0 Å². The second-order valence-electron chi connectivity index (χ2n) is 7.55. The molecule has 0 bridgehead atoms. The molecule has 0 unspecified atom stereocenters. The minimum Gasteiger partial charge on any atom is -0.342 e. The normalized spacial score (nSPS) is 12.2. The number of hydrogen-bond acceptors (Lipinski definition) is 1. The minimum absolute atomic E-state index is 0.0572. The van der Waals surface area contributed by atoms with E-state index in [1.807, 2.05) is 49.4 Å². The van der Waals surface area contributed by atoms with Gasteiger partial charge < -0.3 is 5.32 Å². The Bertz CT molecular complexity index is 802. The Morgan fingerprint density at radius 2 is 1.77 bits per heavy atom. The summed E-state index contributed by atoms with van der Waals surface area (Å²) in [4.78, 5) is 16.9. The van der Waals surface area contributed by atoms with Gasteiger partial charge in [-0.05, 0) is 54.2 Å². The van der Waals surface area contributed by atoms with Gasteiger partial charge in [-0.15, -0.1) is 0 Å². The van der Waals surface area contributed by atoms with E-state index < -0.39 is 0 Å². The summed E-state index contributed by atoms with van der Waals surface area (Å²) in [5.41, 5.74) is 3.70. The van der Waals surface area contributed by atoms with Gasteiger partial charge in [0.05, 0.1) is 10.7 Å². The molecule has 1 N–H and O–H groups in total. The van der Waals surface area contributed by atoms with E-state index in [1.54, 1.807) is 0 Å². The van der Waals surface area contributed by atoms with Gasteiger partial charge in [-0.25, -0.2) is 0 Å². The molecule has 0 radical (unpaired) electrons. The number of nitrogens with one attached hydrogen (secondary N) is 1. The van der Waals surface area contributed by atoms with Crippen molar-refractivity contribution in [2.24, 2.45) is 4.99 Å². The Morgan fingerprint density at radius 3 is 2.35 bits per heavy atom. The van der Waals surface area contributed by atoms with Gasteiger partial charge in [-0.2, -0.15) is 4.99 Å². The summed E-state index contributed by atoms with van der Waals surface area (Å²) in [5.74, 6) is 0.384. The number of aliphatic imine (C=N–C) groups is 1. The van der Waals surface area contributed by atoms with Gasteiger partial charge in [0.15, 0.2) is 0 Å². The van der Waals surface area contributed by atoms with Crippen LogP contribution in [0.15, 0.2) is 47.5 Å². The lowest BCUT2D eigenvalue weighted by atomic mass is 9.87. The smallest absolute Gasteiger partial charge is 0.278 e. The van der Waals surface area contributed by atoms with Crippen LogP contribution in [0, 0.1) is 6.92 Å². The number of rotatable bonds is 4. The average molecular weight is 371 g/mol. The maximum atomic E-state index is 12.6. The number of aryl methyl sites for hydroxylation is 1. The topological polar surface area (TPSA) is 41.5 Å². The molecule has 0 aliphatic heterocycles. The van der Waals surface area contributed by atoms with Crippen molar-refractivity contribution in [1.82, 2.24) is 0 Å². The Morgan fingerprint density at radius 1 is 1.12 bits per heavy atom. The first-order valence-corrected chi connectivity index (χ1v) is 9.34. The second kappa shape index (κ2) is 8.50. The predicted molar refractivity (Wildman–Crippen MR) is 112 cm³/mol. The number of benzene rings is 2. The van der Waals surface area contributed by atoms with E-state index in [0.29, 0.717) is 22.8 Å². The Labute approximate surface area is 161 Å². The van der Waals surface area contributed by atoms with Crippen molar-refractivity contribution in [2.75, 3.05) is 5.32 Å². The van der Waals surface area contributed by atoms with Gasteiger partial charge in [-0.1, -0.05) is 57.5 Å². The number of carbonyl (C=O) groups excluding carboxylic acids is 1. The molecule has 138 valence electrons. The first-order valence-electron chi connectivity index (χ1n) is 8.96. The predicted octanol–water partition coefficient (Wildman–Crippen LogP) is 6.40. The SMILES string of the molecule is CCC/C(=N\C(=O)c1ccc(C(C)(C)C)cc1)Nc1cc(C)ccc1Cl. The van der Waals surface area contributed by atoms with Gasteiger partial charge in [0.1, 0.15) is 5.84 Å². The van der Waals surface area contributed by atoms with Crippen LogP contribution < -0.4 is 5.32 Å². The summed E-state index contributed by atoms with van der Waals surface area (Å²) < 4.78 is 0. The molecule has 1 amide bonds. The van der Waals surface area contributed by atoms with Crippen LogP contribution >= 0.6 is 11.6 Å². The van der Waals surface area contributed by atoms with Crippen molar-refractivity contribution in [3.63, 3.8) is 0 Å². The zero-order chi connectivity index (χ0) is 19.3. The molecule has 0 heterocycles. The van der Waals surface area contributed by atoms with Crippen LogP contribution in [0.2, 0.25) is 5.02 Å². The number of halogens is 1. The first kappa shape index (κ1) is 20.2. The van der Waals surface area contributed by atoms with Crippen LogP contribution in [-0.2, 0) is 5.41 Å². The Kier molecular flexibility index (Phi) is 6.60. The van der Waals surface area contributed by atoms with E-state index in [2.05, 4.69) is 38.0 Å². The number of amidine groups is 1. The van der Waals surface area contributed by atoms with E-state index >= 15 is 0 Å². The van der Waals surface area contributed by atoms with Crippen LogP contribution in [0.4, 0.5) is 5.69 Å². The highest BCUT2D eigenvalue weighted by Gasteiger charge is 2.14. The summed E-state index contributed by atoms with van der Waals surface area (Å²) in [6.45, 7) is 10.5. The van der Waals surface area contributed by atoms with E-state index in [-0.39, 0.29) is 11.3 Å². The highest BCUT2D eigenvalue weighted by Crippen LogP contribution is 2.24. The quantitative estimate of drug-likeness (QED) is 0.500. The van der Waals surface area contributed by atoms with E-state index in [4.69, 9.17) is 11.6 Å².